The van der Waals surface area contributed by atoms with E-state index < -0.39 is 6.10 Å². The van der Waals surface area contributed by atoms with Gasteiger partial charge in [0.05, 0.1) is 6.10 Å². The average molecular weight is 260 g/mol. The van der Waals surface area contributed by atoms with Crippen molar-refractivity contribution in [2.45, 2.75) is 32.4 Å². The minimum atomic E-state index is -0.428. The lowest BCUT2D eigenvalue weighted by atomic mass is 10.1. The summed E-state index contributed by atoms with van der Waals surface area (Å²) in [5, 5.41) is 11.5. The molecule has 1 atom stereocenters. The first-order valence-corrected chi connectivity index (χ1v) is 7.04. The van der Waals surface area contributed by atoms with E-state index in [0.717, 1.165) is 12.1 Å². The van der Waals surface area contributed by atoms with E-state index in [0.29, 0.717) is 6.54 Å². The number of likely N-dealkylation sites (N-methyl/N-ethyl adjacent to an activating group) is 1. The van der Waals surface area contributed by atoms with Gasteiger partial charge in [0.15, 0.2) is 0 Å². The van der Waals surface area contributed by atoms with Gasteiger partial charge in [0, 0.05) is 35.8 Å². The summed E-state index contributed by atoms with van der Waals surface area (Å²) in [6.45, 7) is 3.88. The fourth-order valence-corrected chi connectivity index (χ4v) is 2.50. The molecular weight excluding hydrogens is 236 g/mol. The van der Waals surface area contributed by atoms with Crippen molar-refractivity contribution in [2.24, 2.45) is 0 Å². The quantitative estimate of drug-likeness (QED) is 0.864. The largest absolute Gasteiger partial charge is 0.387 e. The molecule has 1 aromatic carbocycles. The van der Waals surface area contributed by atoms with Gasteiger partial charge >= 0.3 is 0 Å². The highest BCUT2D eigenvalue weighted by molar-refractivity contribution is 5.84. The third-order valence-electron chi connectivity index (χ3n) is 3.47. The molecule has 3 heteroatoms. The van der Waals surface area contributed by atoms with Gasteiger partial charge < -0.3 is 14.6 Å². The summed E-state index contributed by atoms with van der Waals surface area (Å²) in [5.74, 6) is 0. The molecule has 2 rings (SSSR count). The number of aliphatic hydroxyl groups is 1. The van der Waals surface area contributed by atoms with E-state index in [2.05, 4.69) is 35.9 Å². The molecule has 1 N–H and O–H groups in total. The molecule has 104 valence electrons. The monoisotopic (exact) mass is 260 g/mol. The Labute approximate surface area is 115 Å². The van der Waals surface area contributed by atoms with E-state index in [1.165, 1.54) is 23.7 Å². The topological polar surface area (TPSA) is 28.4 Å². The number of para-hydroxylation sites is 1. The highest BCUT2D eigenvalue weighted by Gasteiger charge is 2.15. The van der Waals surface area contributed by atoms with Crippen molar-refractivity contribution in [3.63, 3.8) is 0 Å². The highest BCUT2D eigenvalue weighted by Crippen LogP contribution is 2.27. The molecule has 0 saturated heterocycles. The molecule has 0 fully saturated rings. The molecule has 0 saturated carbocycles. The predicted molar refractivity (Wildman–Crippen MR) is 80.4 cm³/mol. The Morgan fingerprint density at radius 2 is 2.00 bits per heavy atom. The Morgan fingerprint density at radius 3 is 2.68 bits per heavy atom. The Bertz CT molecular complexity index is 531. The van der Waals surface area contributed by atoms with Crippen LogP contribution in [0.15, 0.2) is 30.5 Å². The number of aliphatic hydroxyl groups excluding tert-OH is 1. The number of nitrogens with zero attached hydrogens (tertiary/aromatic N) is 2. The average Bonchev–Trinajstić information content (AvgIpc) is 2.74. The molecule has 19 heavy (non-hydrogen) atoms. The number of benzene rings is 1. The Hall–Kier alpha value is -1.32. The maximum Gasteiger partial charge on any atom is 0.0937 e. The van der Waals surface area contributed by atoms with Gasteiger partial charge in [-0.1, -0.05) is 31.5 Å². The molecule has 2 aromatic rings. The van der Waals surface area contributed by atoms with Crippen molar-refractivity contribution in [3.05, 3.63) is 36.0 Å². The van der Waals surface area contributed by atoms with Crippen LogP contribution >= 0.6 is 0 Å². The molecule has 0 amide bonds. The van der Waals surface area contributed by atoms with E-state index in [1.807, 2.05) is 25.1 Å². The van der Waals surface area contributed by atoms with Gasteiger partial charge in [0.25, 0.3) is 0 Å². The zero-order valence-electron chi connectivity index (χ0n) is 12.1. The zero-order valence-corrected chi connectivity index (χ0v) is 12.1. The molecule has 0 aliphatic rings. The summed E-state index contributed by atoms with van der Waals surface area (Å²) in [6.07, 6.45) is 4.04. The molecule has 1 unspecified atom stereocenters. The molecule has 0 bridgehead atoms. The molecule has 0 spiro atoms. The Balaban J connectivity index is 2.37. The first kappa shape index (κ1) is 14.1. The van der Waals surface area contributed by atoms with Crippen LogP contribution in [0.3, 0.4) is 0 Å². The Morgan fingerprint density at radius 1 is 1.26 bits per heavy atom. The number of unbranched alkanes of at least 4 members (excludes halogenated alkanes) is 1. The lowest BCUT2D eigenvalue weighted by Gasteiger charge is -2.15. The van der Waals surface area contributed by atoms with Gasteiger partial charge in [-0.15, -0.1) is 0 Å². The summed E-state index contributed by atoms with van der Waals surface area (Å²) in [5.41, 5.74) is 2.27. The van der Waals surface area contributed by atoms with Crippen molar-refractivity contribution in [1.82, 2.24) is 9.47 Å². The lowest BCUT2D eigenvalue weighted by molar-refractivity contribution is 0.139. The van der Waals surface area contributed by atoms with Crippen LogP contribution in [0.1, 0.15) is 31.4 Å². The SMILES string of the molecule is CCCCn1cc(C(O)CN(C)C)c2ccccc21. The molecule has 0 radical (unpaired) electrons. The van der Waals surface area contributed by atoms with E-state index in [4.69, 9.17) is 0 Å². The van der Waals surface area contributed by atoms with Crippen LogP contribution in [-0.2, 0) is 6.54 Å². The van der Waals surface area contributed by atoms with Crippen LogP contribution in [-0.4, -0.2) is 35.2 Å². The molecule has 3 nitrogen and oxygen atoms in total. The first-order valence-electron chi connectivity index (χ1n) is 7.04. The second-order valence-corrected chi connectivity index (χ2v) is 5.43. The number of fused-ring (bicyclic) bond motifs is 1. The summed E-state index contributed by atoms with van der Waals surface area (Å²) < 4.78 is 2.27. The smallest absolute Gasteiger partial charge is 0.0937 e. The van der Waals surface area contributed by atoms with Gasteiger partial charge in [0.1, 0.15) is 0 Å². The van der Waals surface area contributed by atoms with Gasteiger partial charge in [-0.05, 0) is 26.6 Å². The fourth-order valence-electron chi connectivity index (χ4n) is 2.50. The van der Waals surface area contributed by atoms with Crippen LogP contribution in [0.5, 0.6) is 0 Å². The van der Waals surface area contributed by atoms with Crippen molar-refractivity contribution in [3.8, 4) is 0 Å². The third kappa shape index (κ3) is 3.17. The molecule has 1 heterocycles. The van der Waals surface area contributed by atoms with E-state index in [9.17, 15) is 5.11 Å². The number of aryl methyl sites for hydroxylation is 1. The standard InChI is InChI=1S/C16H24N2O/c1-4-5-10-18-11-14(16(19)12-17(2)3)13-8-6-7-9-15(13)18/h6-9,11,16,19H,4-5,10,12H2,1-3H3. The Kier molecular flexibility index (Phi) is 4.61. The third-order valence-corrected chi connectivity index (χ3v) is 3.47. The number of rotatable bonds is 6. The molecule has 0 aliphatic heterocycles. The van der Waals surface area contributed by atoms with Crippen molar-refractivity contribution in [1.29, 1.82) is 0 Å². The summed E-state index contributed by atoms with van der Waals surface area (Å²) in [7, 11) is 3.97. The second-order valence-electron chi connectivity index (χ2n) is 5.43. The molecule has 0 aliphatic carbocycles. The number of aromatic nitrogens is 1. The summed E-state index contributed by atoms with van der Waals surface area (Å²) in [4.78, 5) is 2.02. The van der Waals surface area contributed by atoms with E-state index in [-0.39, 0.29) is 0 Å². The predicted octanol–water partition coefficient (Wildman–Crippen LogP) is 3.04. The molecular formula is C16H24N2O. The number of hydrogen-bond acceptors (Lipinski definition) is 2. The minimum absolute atomic E-state index is 0.428. The van der Waals surface area contributed by atoms with E-state index in [1.54, 1.807) is 0 Å². The summed E-state index contributed by atoms with van der Waals surface area (Å²) >= 11 is 0. The minimum Gasteiger partial charge on any atom is -0.387 e. The highest BCUT2D eigenvalue weighted by atomic mass is 16.3. The van der Waals surface area contributed by atoms with Crippen LogP contribution in [0.2, 0.25) is 0 Å². The maximum absolute atomic E-state index is 10.4. The zero-order chi connectivity index (χ0) is 13.8. The van der Waals surface area contributed by atoms with Crippen molar-refractivity contribution in [2.75, 3.05) is 20.6 Å². The number of hydrogen-bond donors (Lipinski definition) is 1. The van der Waals surface area contributed by atoms with Gasteiger partial charge in [-0.25, -0.2) is 0 Å². The van der Waals surface area contributed by atoms with Gasteiger partial charge in [0.2, 0.25) is 0 Å². The lowest BCUT2D eigenvalue weighted by Crippen LogP contribution is -2.19. The van der Waals surface area contributed by atoms with Crippen LogP contribution in [0.4, 0.5) is 0 Å². The van der Waals surface area contributed by atoms with E-state index >= 15 is 0 Å². The second kappa shape index (κ2) is 6.22. The first-order chi connectivity index (χ1) is 9.13. The van der Waals surface area contributed by atoms with Crippen LogP contribution in [0, 0.1) is 0 Å². The van der Waals surface area contributed by atoms with Gasteiger partial charge in [-0.3, -0.25) is 0 Å². The van der Waals surface area contributed by atoms with Crippen molar-refractivity contribution >= 4 is 10.9 Å². The summed E-state index contributed by atoms with van der Waals surface area (Å²) in [6, 6.07) is 8.34. The maximum atomic E-state index is 10.4. The van der Waals surface area contributed by atoms with Crippen LogP contribution < -0.4 is 0 Å². The fraction of sp³-hybridized carbons (Fsp3) is 0.500. The van der Waals surface area contributed by atoms with Gasteiger partial charge in [-0.2, -0.15) is 0 Å². The molecule has 1 aromatic heterocycles. The van der Waals surface area contributed by atoms with Crippen molar-refractivity contribution < 1.29 is 5.11 Å². The normalized spacial score (nSPS) is 13.3. The van der Waals surface area contributed by atoms with Crippen LogP contribution in [0.25, 0.3) is 10.9 Å².